The van der Waals surface area contributed by atoms with Crippen molar-refractivity contribution in [2.24, 2.45) is 5.92 Å². The largest absolute Gasteiger partial charge is 0.508 e. The Morgan fingerprint density at radius 1 is 1.36 bits per heavy atom. The number of likely N-dealkylation sites (tertiary alicyclic amines) is 1. The van der Waals surface area contributed by atoms with Crippen molar-refractivity contribution >= 4 is 17.8 Å². The van der Waals surface area contributed by atoms with E-state index in [-0.39, 0.29) is 31.0 Å². The number of methoxy groups -OCH3 is 1. The number of benzene rings is 1. The van der Waals surface area contributed by atoms with Gasteiger partial charge in [0.2, 0.25) is 5.91 Å². The Hall–Kier alpha value is -2.57. The summed E-state index contributed by atoms with van der Waals surface area (Å²) in [6.07, 6.45) is 0.0707. The number of carboxylic acid groups (broad SMARTS) is 1. The number of carbonyl (C=O) groups excluding carboxylic acids is 2. The van der Waals surface area contributed by atoms with E-state index in [2.05, 4.69) is 4.74 Å². The summed E-state index contributed by atoms with van der Waals surface area (Å²) in [6.45, 7) is 0.0422. The van der Waals surface area contributed by atoms with Crippen LogP contribution in [0.2, 0.25) is 0 Å². The molecule has 1 aliphatic rings. The fourth-order valence-corrected chi connectivity index (χ4v) is 2.54. The van der Waals surface area contributed by atoms with Gasteiger partial charge in [0, 0.05) is 19.4 Å². The Kier molecular flexibility index (Phi) is 4.65. The van der Waals surface area contributed by atoms with Gasteiger partial charge < -0.3 is 19.8 Å². The van der Waals surface area contributed by atoms with Crippen molar-refractivity contribution in [2.75, 3.05) is 13.7 Å². The minimum atomic E-state index is -1.13. The lowest BCUT2D eigenvalue weighted by Gasteiger charge is -2.24. The van der Waals surface area contributed by atoms with E-state index in [1.165, 1.54) is 24.1 Å². The molecule has 1 aromatic rings. The highest BCUT2D eigenvalue weighted by Crippen LogP contribution is 2.23. The van der Waals surface area contributed by atoms with E-state index in [0.29, 0.717) is 5.56 Å². The van der Waals surface area contributed by atoms with Crippen LogP contribution in [-0.2, 0) is 25.5 Å². The van der Waals surface area contributed by atoms with Crippen LogP contribution >= 0.6 is 0 Å². The second-order valence-electron chi connectivity index (χ2n) is 5.19. The van der Waals surface area contributed by atoms with Gasteiger partial charge in [0.1, 0.15) is 11.8 Å². The zero-order chi connectivity index (χ0) is 16.3. The van der Waals surface area contributed by atoms with Gasteiger partial charge in [-0.15, -0.1) is 0 Å². The molecule has 22 heavy (non-hydrogen) atoms. The summed E-state index contributed by atoms with van der Waals surface area (Å²) < 4.78 is 4.61. The molecule has 118 valence electrons. The quantitative estimate of drug-likeness (QED) is 0.764. The Labute approximate surface area is 127 Å². The summed E-state index contributed by atoms with van der Waals surface area (Å²) in [5.41, 5.74) is 0.680. The molecule has 0 aromatic heterocycles. The van der Waals surface area contributed by atoms with Crippen LogP contribution in [0.1, 0.15) is 12.0 Å². The molecule has 1 heterocycles. The second kappa shape index (κ2) is 6.46. The fraction of sp³-hybridized carbons (Fsp3) is 0.400. The molecular formula is C15H17NO6. The van der Waals surface area contributed by atoms with E-state index in [4.69, 9.17) is 0 Å². The fourth-order valence-electron chi connectivity index (χ4n) is 2.54. The molecule has 0 aliphatic carbocycles. The van der Waals surface area contributed by atoms with Gasteiger partial charge in [-0.25, -0.2) is 4.79 Å². The lowest BCUT2D eigenvalue weighted by molar-refractivity contribution is -0.148. The molecule has 1 saturated heterocycles. The van der Waals surface area contributed by atoms with E-state index < -0.39 is 23.9 Å². The standard InChI is InChI=1S/C15H17NO6/c1-22-15(21)10-7-13(18)16(8-10)12(14(19)20)6-9-2-4-11(17)5-3-9/h2-5,10,12,17H,6-8H2,1H3,(H,19,20)/t10?,12-/m0/s1. The molecule has 0 radical (unpaired) electrons. The molecule has 1 unspecified atom stereocenters. The Morgan fingerprint density at radius 2 is 2.00 bits per heavy atom. The first kappa shape index (κ1) is 15.8. The highest BCUT2D eigenvalue weighted by molar-refractivity contribution is 5.90. The maximum absolute atomic E-state index is 12.0. The second-order valence-corrected chi connectivity index (χ2v) is 5.19. The molecule has 0 saturated carbocycles. The van der Waals surface area contributed by atoms with Crippen LogP contribution in [0.3, 0.4) is 0 Å². The predicted octanol–water partition coefficient (Wildman–Crippen LogP) is 0.409. The topological polar surface area (TPSA) is 104 Å². The molecule has 2 N–H and O–H groups in total. The SMILES string of the molecule is COC(=O)C1CC(=O)N([C@@H](Cc2ccc(O)cc2)C(=O)O)C1. The van der Waals surface area contributed by atoms with E-state index in [9.17, 15) is 24.6 Å². The van der Waals surface area contributed by atoms with E-state index in [0.717, 1.165) is 0 Å². The summed E-state index contributed by atoms with van der Waals surface area (Å²) in [5, 5.41) is 18.6. The molecule has 2 rings (SSSR count). The van der Waals surface area contributed by atoms with Gasteiger partial charge >= 0.3 is 11.9 Å². The van der Waals surface area contributed by atoms with Crippen LogP contribution < -0.4 is 0 Å². The molecule has 1 aromatic carbocycles. The Morgan fingerprint density at radius 3 is 2.55 bits per heavy atom. The third-order valence-corrected chi connectivity index (χ3v) is 3.72. The number of aliphatic carboxylic acids is 1. The zero-order valence-electron chi connectivity index (χ0n) is 12.1. The van der Waals surface area contributed by atoms with Crippen molar-refractivity contribution in [1.29, 1.82) is 0 Å². The Balaban J connectivity index is 2.14. The van der Waals surface area contributed by atoms with Crippen LogP contribution in [0, 0.1) is 5.92 Å². The molecule has 7 heteroatoms. The van der Waals surface area contributed by atoms with Crippen LogP contribution in [0.5, 0.6) is 5.75 Å². The van der Waals surface area contributed by atoms with Crippen LogP contribution in [0.25, 0.3) is 0 Å². The number of hydrogen-bond acceptors (Lipinski definition) is 5. The van der Waals surface area contributed by atoms with Crippen molar-refractivity contribution in [3.05, 3.63) is 29.8 Å². The van der Waals surface area contributed by atoms with Gasteiger partial charge in [0.25, 0.3) is 0 Å². The average molecular weight is 307 g/mol. The van der Waals surface area contributed by atoms with E-state index in [1.807, 2.05) is 0 Å². The molecule has 0 bridgehead atoms. The first-order valence-electron chi connectivity index (χ1n) is 6.80. The average Bonchev–Trinajstić information content (AvgIpc) is 2.87. The number of phenolic OH excluding ortho intramolecular Hbond substituents is 1. The number of carbonyl (C=O) groups is 3. The van der Waals surface area contributed by atoms with Gasteiger partial charge in [0.15, 0.2) is 0 Å². The van der Waals surface area contributed by atoms with Crippen molar-refractivity contribution < 1.29 is 29.3 Å². The number of ether oxygens (including phenoxy) is 1. The summed E-state index contributed by atoms with van der Waals surface area (Å²) >= 11 is 0. The maximum atomic E-state index is 12.0. The van der Waals surface area contributed by atoms with Gasteiger partial charge in [-0.05, 0) is 17.7 Å². The van der Waals surface area contributed by atoms with Crippen molar-refractivity contribution in [3.8, 4) is 5.75 Å². The first-order chi connectivity index (χ1) is 10.4. The van der Waals surface area contributed by atoms with Crippen LogP contribution in [-0.4, -0.2) is 52.7 Å². The van der Waals surface area contributed by atoms with Gasteiger partial charge in [-0.3, -0.25) is 9.59 Å². The normalized spacial score (nSPS) is 19.0. The number of amides is 1. The summed E-state index contributed by atoms with van der Waals surface area (Å²) in [5.74, 6) is -2.56. The number of hydrogen-bond donors (Lipinski definition) is 2. The summed E-state index contributed by atoms with van der Waals surface area (Å²) in [6, 6.07) is 5.06. The molecule has 0 spiro atoms. The van der Waals surface area contributed by atoms with Crippen LogP contribution in [0.15, 0.2) is 24.3 Å². The molecule has 7 nitrogen and oxygen atoms in total. The highest BCUT2D eigenvalue weighted by Gasteiger charge is 2.40. The van der Waals surface area contributed by atoms with Gasteiger partial charge in [-0.2, -0.15) is 0 Å². The van der Waals surface area contributed by atoms with Gasteiger partial charge in [0.05, 0.1) is 13.0 Å². The molecular weight excluding hydrogens is 290 g/mol. The Bertz CT molecular complexity index is 582. The van der Waals surface area contributed by atoms with Gasteiger partial charge in [-0.1, -0.05) is 12.1 Å². The number of rotatable bonds is 5. The molecule has 1 amide bonds. The number of carboxylic acids is 1. The summed E-state index contributed by atoms with van der Waals surface area (Å²) in [7, 11) is 1.24. The lowest BCUT2D eigenvalue weighted by Crippen LogP contribution is -2.44. The summed E-state index contributed by atoms with van der Waals surface area (Å²) in [4.78, 5) is 36.2. The van der Waals surface area contributed by atoms with Crippen molar-refractivity contribution in [2.45, 2.75) is 18.9 Å². The third-order valence-electron chi connectivity index (χ3n) is 3.72. The molecule has 1 fully saturated rings. The minimum absolute atomic E-state index is 0.0357. The molecule has 1 aliphatic heterocycles. The van der Waals surface area contributed by atoms with E-state index in [1.54, 1.807) is 12.1 Å². The maximum Gasteiger partial charge on any atom is 0.326 e. The number of aromatic hydroxyl groups is 1. The predicted molar refractivity (Wildman–Crippen MR) is 75.1 cm³/mol. The third kappa shape index (κ3) is 3.36. The zero-order valence-corrected chi connectivity index (χ0v) is 12.1. The lowest BCUT2D eigenvalue weighted by atomic mass is 10.0. The number of esters is 1. The van der Waals surface area contributed by atoms with E-state index >= 15 is 0 Å². The highest BCUT2D eigenvalue weighted by atomic mass is 16.5. The number of phenols is 1. The smallest absolute Gasteiger partial charge is 0.326 e. The van der Waals surface area contributed by atoms with Crippen molar-refractivity contribution in [3.63, 3.8) is 0 Å². The van der Waals surface area contributed by atoms with Crippen LogP contribution in [0.4, 0.5) is 0 Å². The molecule has 2 atom stereocenters. The minimum Gasteiger partial charge on any atom is -0.508 e. The first-order valence-corrected chi connectivity index (χ1v) is 6.80. The van der Waals surface area contributed by atoms with Crippen molar-refractivity contribution in [1.82, 2.24) is 4.90 Å². The number of nitrogens with zero attached hydrogens (tertiary/aromatic N) is 1. The monoisotopic (exact) mass is 307 g/mol.